The number of nitrogen functional groups attached to an aromatic ring is 1. The van der Waals surface area contributed by atoms with Crippen LogP contribution in [0.5, 0.6) is 0 Å². The molecule has 10 heteroatoms. The largest absolute Gasteiger partial charge is 0.374 e. The Bertz CT molecular complexity index is 571. The van der Waals surface area contributed by atoms with E-state index in [9.17, 15) is 13.2 Å². The molecule has 2 N–H and O–H groups in total. The van der Waals surface area contributed by atoms with E-state index < -0.39 is 21.1 Å². The number of carbonyl (C=O) groups is 1. The van der Waals surface area contributed by atoms with E-state index in [4.69, 9.17) is 5.73 Å². The van der Waals surface area contributed by atoms with Gasteiger partial charge in [0, 0.05) is 23.8 Å². The Kier molecular flexibility index (Phi) is 4.31. The first-order valence-electron chi connectivity index (χ1n) is 5.65. The van der Waals surface area contributed by atoms with Crippen molar-refractivity contribution in [1.29, 1.82) is 0 Å². The molecule has 1 fully saturated rings. The van der Waals surface area contributed by atoms with E-state index in [1.165, 1.54) is 16.7 Å². The Hall–Kier alpha value is -0.870. The number of nitrogens with zero attached hydrogens (tertiary/aromatic N) is 3. The maximum absolute atomic E-state index is 12.3. The SMILES string of the molecule is CCS(=O)(=O)C1CSCCN1C(=O)c1nnc(N)s1. The molecule has 106 valence electrons. The Morgan fingerprint density at radius 2 is 2.26 bits per heavy atom. The maximum Gasteiger partial charge on any atom is 0.286 e. The third-order valence-electron chi connectivity index (χ3n) is 2.79. The molecule has 0 bridgehead atoms. The fourth-order valence-corrected chi connectivity index (χ4v) is 5.28. The maximum atomic E-state index is 12.3. The van der Waals surface area contributed by atoms with Gasteiger partial charge < -0.3 is 10.6 Å². The normalized spacial score (nSPS) is 20.5. The van der Waals surface area contributed by atoms with Gasteiger partial charge in [-0.05, 0) is 0 Å². The number of nitrogens with two attached hydrogens (primary N) is 1. The minimum atomic E-state index is -3.31. The van der Waals surface area contributed by atoms with Gasteiger partial charge >= 0.3 is 0 Å². The van der Waals surface area contributed by atoms with Crippen LogP contribution in [0.3, 0.4) is 0 Å². The number of thioether (sulfide) groups is 1. The van der Waals surface area contributed by atoms with Crippen molar-refractivity contribution in [2.24, 2.45) is 0 Å². The standard InChI is InChI=1S/C9H14N4O3S3/c1-2-19(15,16)6-5-17-4-3-13(6)8(14)7-11-12-9(10)18-7/h6H,2-5H2,1H3,(H2,10,12). The molecule has 7 nitrogen and oxygen atoms in total. The van der Waals surface area contributed by atoms with Gasteiger partial charge in [0.25, 0.3) is 5.91 Å². The van der Waals surface area contributed by atoms with Crippen molar-refractivity contribution in [1.82, 2.24) is 15.1 Å². The molecular formula is C9H14N4O3S3. The number of carbonyl (C=O) groups excluding carboxylic acids is 1. The van der Waals surface area contributed by atoms with E-state index in [1.54, 1.807) is 6.92 Å². The predicted octanol–water partition coefficient (Wildman–Crippen LogP) is 0.0701. The number of aromatic nitrogens is 2. The Morgan fingerprint density at radius 1 is 1.53 bits per heavy atom. The van der Waals surface area contributed by atoms with E-state index >= 15 is 0 Å². The number of rotatable bonds is 3. The minimum absolute atomic E-state index is 0.0142. The van der Waals surface area contributed by atoms with E-state index in [1.807, 2.05) is 0 Å². The molecule has 1 aliphatic rings. The van der Waals surface area contributed by atoms with E-state index in [0.29, 0.717) is 12.3 Å². The quantitative estimate of drug-likeness (QED) is 0.839. The van der Waals surface area contributed by atoms with Gasteiger partial charge in [0.05, 0.1) is 0 Å². The average molecular weight is 322 g/mol. The van der Waals surface area contributed by atoms with Gasteiger partial charge in [0.1, 0.15) is 5.37 Å². The fraction of sp³-hybridized carbons (Fsp3) is 0.667. The summed E-state index contributed by atoms with van der Waals surface area (Å²) < 4.78 is 24.1. The minimum Gasteiger partial charge on any atom is -0.374 e. The van der Waals surface area contributed by atoms with Crippen molar-refractivity contribution >= 4 is 44.0 Å². The van der Waals surface area contributed by atoms with Crippen LogP contribution in [0.1, 0.15) is 16.7 Å². The van der Waals surface area contributed by atoms with Crippen molar-refractivity contribution < 1.29 is 13.2 Å². The first kappa shape index (κ1) is 14.5. The molecule has 0 spiro atoms. The number of sulfone groups is 1. The zero-order valence-electron chi connectivity index (χ0n) is 10.3. The lowest BCUT2D eigenvalue weighted by Gasteiger charge is -2.33. The molecule has 1 aliphatic heterocycles. The van der Waals surface area contributed by atoms with Crippen LogP contribution < -0.4 is 5.73 Å². The summed E-state index contributed by atoms with van der Waals surface area (Å²) in [6, 6.07) is 0. The fourth-order valence-electron chi connectivity index (χ4n) is 1.75. The van der Waals surface area contributed by atoms with Gasteiger partial charge in [-0.3, -0.25) is 4.79 Å². The molecule has 2 rings (SSSR count). The van der Waals surface area contributed by atoms with Crippen molar-refractivity contribution in [3.05, 3.63) is 5.01 Å². The molecule has 2 heterocycles. The first-order valence-corrected chi connectivity index (χ1v) is 9.33. The van der Waals surface area contributed by atoms with Gasteiger partial charge in [0.15, 0.2) is 9.84 Å². The summed E-state index contributed by atoms with van der Waals surface area (Å²) in [6.45, 7) is 1.98. The van der Waals surface area contributed by atoms with Crippen LogP contribution in [0, 0.1) is 0 Å². The highest BCUT2D eigenvalue weighted by Gasteiger charge is 2.37. The second-order valence-electron chi connectivity index (χ2n) is 3.93. The summed E-state index contributed by atoms with van der Waals surface area (Å²) >= 11 is 2.51. The molecule has 1 aromatic heterocycles. The summed E-state index contributed by atoms with van der Waals surface area (Å²) in [5, 5.41) is 6.82. The summed E-state index contributed by atoms with van der Waals surface area (Å²) in [5.41, 5.74) is 5.44. The lowest BCUT2D eigenvalue weighted by molar-refractivity contribution is 0.0748. The molecular weight excluding hydrogens is 308 g/mol. The lowest BCUT2D eigenvalue weighted by Crippen LogP contribution is -2.50. The number of hydrogen-bond donors (Lipinski definition) is 1. The second kappa shape index (κ2) is 5.63. The number of amides is 1. The molecule has 1 amide bonds. The molecule has 1 atom stereocenters. The van der Waals surface area contributed by atoms with Crippen molar-refractivity contribution in [2.45, 2.75) is 12.3 Å². The second-order valence-corrected chi connectivity index (χ2v) is 8.53. The summed E-state index contributed by atoms with van der Waals surface area (Å²) in [5.74, 6) is 0.725. The topological polar surface area (TPSA) is 106 Å². The Labute approximate surface area is 119 Å². The van der Waals surface area contributed by atoms with Crippen LogP contribution in [0.15, 0.2) is 0 Å². The first-order chi connectivity index (χ1) is 8.95. The van der Waals surface area contributed by atoms with Gasteiger partial charge in [-0.1, -0.05) is 18.3 Å². The zero-order chi connectivity index (χ0) is 14.0. The summed E-state index contributed by atoms with van der Waals surface area (Å²) in [6.07, 6.45) is 0. The van der Waals surface area contributed by atoms with Crippen LogP contribution in [0.4, 0.5) is 5.13 Å². The van der Waals surface area contributed by atoms with Crippen LogP contribution in [-0.4, -0.2) is 58.6 Å². The Balaban J connectivity index is 2.27. The van der Waals surface area contributed by atoms with Gasteiger partial charge in [-0.15, -0.1) is 10.2 Å². The van der Waals surface area contributed by atoms with Crippen LogP contribution in [0.25, 0.3) is 0 Å². The molecule has 0 radical (unpaired) electrons. The zero-order valence-corrected chi connectivity index (χ0v) is 12.7. The number of hydrogen-bond acceptors (Lipinski definition) is 8. The third kappa shape index (κ3) is 3.00. The summed E-state index contributed by atoms with van der Waals surface area (Å²) in [4.78, 5) is 13.7. The van der Waals surface area contributed by atoms with Crippen LogP contribution in [0.2, 0.25) is 0 Å². The van der Waals surface area contributed by atoms with Crippen molar-refractivity contribution in [3.8, 4) is 0 Å². The molecule has 1 aromatic rings. The Morgan fingerprint density at radius 3 is 2.84 bits per heavy atom. The molecule has 0 saturated carbocycles. The van der Waals surface area contributed by atoms with Crippen LogP contribution in [-0.2, 0) is 9.84 Å². The molecule has 19 heavy (non-hydrogen) atoms. The average Bonchev–Trinajstić information content (AvgIpc) is 2.84. The van der Waals surface area contributed by atoms with Gasteiger partial charge in [0.2, 0.25) is 10.1 Å². The van der Waals surface area contributed by atoms with Gasteiger partial charge in [-0.2, -0.15) is 11.8 Å². The van der Waals surface area contributed by atoms with E-state index in [-0.39, 0.29) is 15.9 Å². The lowest BCUT2D eigenvalue weighted by atomic mass is 10.4. The molecule has 1 unspecified atom stereocenters. The van der Waals surface area contributed by atoms with Gasteiger partial charge in [-0.25, -0.2) is 8.42 Å². The smallest absolute Gasteiger partial charge is 0.286 e. The van der Waals surface area contributed by atoms with Crippen molar-refractivity contribution in [3.63, 3.8) is 0 Å². The highest BCUT2D eigenvalue weighted by Crippen LogP contribution is 2.24. The van der Waals surface area contributed by atoms with E-state index in [2.05, 4.69) is 10.2 Å². The highest BCUT2D eigenvalue weighted by atomic mass is 32.2. The highest BCUT2D eigenvalue weighted by molar-refractivity contribution is 8.01. The summed E-state index contributed by atoms with van der Waals surface area (Å²) in [7, 11) is -3.31. The van der Waals surface area contributed by atoms with Crippen LogP contribution >= 0.6 is 23.1 Å². The monoisotopic (exact) mass is 322 g/mol. The predicted molar refractivity (Wildman–Crippen MR) is 75.9 cm³/mol. The molecule has 0 aromatic carbocycles. The molecule has 1 saturated heterocycles. The van der Waals surface area contributed by atoms with E-state index in [0.717, 1.165) is 17.1 Å². The third-order valence-corrected chi connectivity index (χ3v) is 6.81. The van der Waals surface area contributed by atoms with Crippen molar-refractivity contribution in [2.75, 3.05) is 29.5 Å². The molecule has 0 aliphatic carbocycles. The number of anilines is 1.